The molecule has 0 saturated heterocycles. The maximum absolute atomic E-state index is 6.26. The Labute approximate surface area is 297 Å². The zero-order chi connectivity index (χ0) is 34.2. The summed E-state index contributed by atoms with van der Waals surface area (Å²) in [5.74, 6) is 1.78. The van der Waals surface area contributed by atoms with Gasteiger partial charge in [-0.25, -0.2) is 15.0 Å². The van der Waals surface area contributed by atoms with E-state index < -0.39 is 0 Å². The van der Waals surface area contributed by atoms with Gasteiger partial charge in [-0.3, -0.25) is 0 Å². The zero-order valence-electron chi connectivity index (χ0n) is 27.7. The number of para-hydroxylation sites is 2. The minimum absolute atomic E-state index is 0.586. The molecule has 11 aromatic rings. The largest absolute Gasteiger partial charge is 0.456 e. The average Bonchev–Trinajstić information content (AvgIpc) is 3.79. The zero-order valence-corrected chi connectivity index (χ0v) is 27.7. The number of benzene rings is 8. The van der Waals surface area contributed by atoms with Crippen molar-refractivity contribution in [3.63, 3.8) is 0 Å². The highest BCUT2D eigenvalue weighted by atomic mass is 16.3. The normalized spacial score (nSPS) is 11.8. The molecule has 5 nitrogen and oxygen atoms in total. The molecule has 8 aromatic carbocycles. The molecule has 0 radical (unpaired) electrons. The third-order valence-corrected chi connectivity index (χ3v) is 10.1. The van der Waals surface area contributed by atoms with Crippen molar-refractivity contribution in [3.05, 3.63) is 164 Å². The third-order valence-electron chi connectivity index (χ3n) is 10.1. The molecule has 0 unspecified atom stereocenters. The molecular weight excluding hydrogens is 639 g/mol. The molecule has 0 bridgehead atoms. The number of hydrogen-bond donors (Lipinski definition) is 0. The van der Waals surface area contributed by atoms with Gasteiger partial charge in [0.1, 0.15) is 22.3 Å². The smallest absolute Gasteiger partial charge is 0.164 e. The Morgan fingerprint density at radius 1 is 0.308 bits per heavy atom. The number of furan rings is 2. The average molecular weight is 666 g/mol. The van der Waals surface area contributed by atoms with Gasteiger partial charge in [-0.15, -0.1) is 0 Å². The summed E-state index contributed by atoms with van der Waals surface area (Å²) in [6.07, 6.45) is 0. The Morgan fingerprint density at radius 2 is 0.865 bits per heavy atom. The summed E-state index contributed by atoms with van der Waals surface area (Å²) in [4.78, 5) is 15.5. The molecule has 0 N–H and O–H groups in total. The number of rotatable bonds is 4. The summed E-state index contributed by atoms with van der Waals surface area (Å²) in [5.41, 5.74) is 8.33. The van der Waals surface area contributed by atoms with E-state index in [0.29, 0.717) is 17.5 Å². The molecule has 0 fully saturated rings. The van der Waals surface area contributed by atoms with E-state index in [4.69, 9.17) is 23.8 Å². The van der Waals surface area contributed by atoms with Gasteiger partial charge >= 0.3 is 0 Å². The predicted molar refractivity (Wildman–Crippen MR) is 211 cm³/mol. The first-order valence-corrected chi connectivity index (χ1v) is 17.3. The lowest BCUT2D eigenvalue weighted by atomic mass is 10.00. The Morgan fingerprint density at radius 3 is 1.67 bits per heavy atom. The van der Waals surface area contributed by atoms with E-state index in [2.05, 4.69) is 115 Å². The van der Waals surface area contributed by atoms with Crippen LogP contribution in [-0.2, 0) is 0 Å². The Kier molecular flexibility index (Phi) is 6.18. The van der Waals surface area contributed by atoms with Crippen molar-refractivity contribution < 1.29 is 8.83 Å². The molecule has 52 heavy (non-hydrogen) atoms. The van der Waals surface area contributed by atoms with Gasteiger partial charge in [0.15, 0.2) is 17.5 Å². The fraction of sp³-hybridized carbons (Fsp3) is 0. The molecule has 242 valence electrons. The molecule has 0 saturated carbocycles. The molecule has 11 rings (SSSR count). The van der Waals surface area contributed by atoms with Crippen molar-refractivity contribution in [2.24, 2.45) is 0 Å². The molecule has 0 amide bonds. The molecule has 5 heteroatoms. The van der Waals surface area contributed by atoms with Gasteiger partial charge in [-0.1, -0.05) is 127 Å². The van der Waals surface area contributed by atoms with Crippen molar-refractivity contribution in [1.29, 1.82) is 0 Å². The lowest BCUT2D eigenvalue weighted by Crippen LogP contribution is -2.00. The van der Waals surface area contributed by atoms with Crippen LogP contribution in [0, 0.1) is 0 Å². The van der Waals surface area contributed by atoms with E-state index >= 15 is 0 Å². The van der Waals surface area contributed by atoms with E-state index in [-0.39, 0.29) is 0 Å². The van der Waals surface area contributed by atoms with Crippen molar-refractivity contribution in [3.8, 4) is 45.3 Å². The van der Waals surface area contributed by atoms with E-state index in [0.717, 1.165) is 82.5 Å². The second-order valence-corrected chi connectivity index (χ2v) is 13.2. The topological polar surface area (TPSA) is 65.0 Å². The van der Waals surface area contributed by atoms with Crippen LogP contribution in [0.15, 0.2) is 173 Å². The van der Waals surface area contributed by atoms with Crippen LogP contribution in [0.1, 0.15) is 0 Å². The van der Waals surface area contributed by atoms with Gasteiger partial charge in [0.2, 0.25) is 0 Å². The summed E-state index contributed by atoms with van der Waals surface area (Å²) in [5, 5.41) is 8.83. The molecule has 3 heterocycles. The van der Waals surface area contributed by atoms with Crippen LogP contribution < -0.4 is 0 Å². The predicted octanol–water partition coefficient (Wildman–Crippen LogP) is 12.6. The maximum Gasteiger partial charge on any atom is 0.164 e. The Balaban J connectivity index is 1.11. The first-order valence-electron chi connectivity index (χ1n) is 17.3. The van der Waals surface area contributed by atoms with Gasteiger partial charge in [0.05, 0.1) is 0 Å². The molecular formula is C47H27N3O2. The quantitative estimate of drug-likeness (QED) is 0.187. The second kappa shape index (κ2) is 11.2. The Hall–Kier alpha value is -7.11. The van der Waals surface area contributed by atoms with Crippen LogP contribution in [0.2, 0.25) is 0 Å². The van der Waals surface area contributed by atoms with Crippen LogP contribution in [0.5, 0.6) is 0 Å². The van der Waals surface area contributed by atoms with Crippen LogP contribution >= 0.6 is 0 Å². The van der Waals surface area contributed by atoms with Gasteiger partial charge in [0, 0.05) is 38.2 Å². The van der Waals surface area contributed by atoms with Gasteiger partial charge < -0.3 is 8.83 Å². The van der Waals surface area contributed by atoms with Crippen molar-refractivity contribution >= 4 is 65.4 Å². The van der Waals surface area contributed by atoms with Crippen LogP contribution in [0.25, 0.3) is 111 Å². The lowest BCUT2D eigenvalue weighted by Gasteiger charge is -2.11. The summed E-state index contributed by atoms with van der Waals surface area (Å²) >= 11 is 0. The van der Waals surface area contributed by atoms with Crippen LogP contribution in [-0.4, -0.2) is 15.0 Å². The first-order chi connectivity index (χ1) is 25.7. The van der Waals surface area contributed by atoms with Crippen molar-refractivity contribution in [1.82, 2.24) is 15.0 Å². The minimum Gasteiger partial charge on any atom is -0.456 e. The molecule has 0 atom stereocenters. The lowest BCUT2D eigenvalue weighted by molar-refractivity contribution is 0.668. The monoisotopic (exact) mass is 665 g/mol. The molecule has 0 aliphatic heterocycles. The second-order valence-electron chi connectivity index (χ2n) is 13.2. The molecule has 3 aromatic heterocycles. The van der Waals surface area contributed by atoms with E-state index in [9.17, 15) is 0 Å². The first kappa shape index (κ1) is 28.7. The number of fused-ring (bicyclic) bond motifs is 9. The molecule has 0 spiro atoms. The number of nitrogens with zero attached hydrogens (tertiary/aromatic N) is 3. The number of aromatic nitrogens is 3. The summed E-state index contributed by atoms with van der Waals surface area (Å²) in [6.45, 7) is 0. The highest BCUT2D eigenvalue weighted by Gasteiger charge is 2.19. The standard InChI is InChI=1S/C47H27N3O2/c1-2-9-32-26-33(22-18-28(32)8-1)29-16-20-31(21-17-29)45-48-46(50-47(49-45)37-12-7-15-41-43(37)35-10-3-5-13-39(35)51-41)34-23-19-30-24-25-42-44(38(30)27-34)36-11-4-6-14-40(36)52-42/h1-27H. The van der Waals surface area contributed by atoms with Gasteiger partial charge in [-0.2, -0.15) is 0 Å². The fourth-order valence-corrected chi connectivity index (χ4v) is 7.58. The molecule has 0 aliphatic rings. The van der Waals surface area contributed by atoms with E-state index in [1.54, 1.807) is 0 Å². The van der Waals surface area contributed by atoms with Crippen LogP contribution in [0.4, 0.5) is 0 Å². The summed E-state index contributed by atoms with van der Waals surface area (Å²) in [6, 6.07) is 56.4. The number of hydrogen-bond acceptors (Lipinski definition) is 5. The third kappa shape index (κ3) is 4.53. The van der Waals surface area contributed by atoms with Gasteiger partial charge in [0.25, 0.3) is 0 Å². The minimum atomic E-state index is 0.586. The van der Waals surface area contributed by atoms with Crippen molar-refractivity contribution in [2.45, 2.75) is 0 Å². The van der Waals surface area contributed by atoms with E-state index in [1.807, 2.05) is 48.5 Å². The SMILES string of the molecule is c1ccc2cc(-c3ccc(-c4nc(-c5ccc6ccc7oc8ccccc8c7c6c5)nc(-c5cccc6oc7ccccc7c56)n4)cc3)ccc2c1. The highest BCUT2D eigenvalue weighted by molar-refractivity contribution is 6.19. The van der Waals surface area contributed by atoms with E-state index in [1.165, 1.54) is 10.8 Å². The summed E-state index contributed by atoms with van der Waals surface area (Å²) < 4.78 is 12.5. The fourth-order valence-electron chi connectivity index (χ4n) is 7.58. The van der Waals surface area contributed by atoms with Crippen LogP contribution in [0.3, 0.4) is 0 Å². The molecule has 0 aliphatic carbocycles. The maximum atomic E-state index is 6.26. The Bertz CT molecular complexity index is 3190. The summed E-state index contributed by atoms with van der Waals surface area (Å²) in [7, 11) is 0. The van der Waals surface area contributed by atoms with Gasteiger partial charge in [-0.05, 0) is 69.1 Å². The van der Waals surface area contributed by atoms with Crippen molar-refractivity contribution in [2.75, 3.05) is 0 Å². The highest BCUT2D eigenvalue weighted by Crippen LogP contribution is 2.39.